The number of hydrogen-bond acceptors (Lipinski definition) is 5. The van der Waals surface area contributed by atoms with E-state index in [0.717, 1.165) is 11.5 Å². The molecule has 0 spiro atoms. The van der Waals surface area contributed by atoms with E-state index in [-0.39, 0.29) is 24.4 Å². The van der Waals surface area contributed by atoms with Crippen molar-refractivity contribution in [2.75, 3.05) is 18.9 Å². The third-order valence-electron chi connectivity index (χ3n) is 1.62. The standard InChI is InChI=1S/C8H14N2O2S.ClH/c1-2-12-8(11)6-5-13-7(10-6)3-4-9;/h6H,2-5,9H2,1H3;1H/t6-;/m1./s1. The van der Waals surface area contributed by atoms with Gasteiger partial charge in [0.2, 0.25) is 0 Å². The van der Waals surface area contributed by atoms with Crippen molar-refractivity contribution in [3.8, 4) is 0 Å². The molecule has 0 saturated carbocycles. The number of ether oxygens (including phenoxy) is 1. The normalized spacial score (nSPS) is 19.9. The van der Waals surface area contributed by atoms with E-state index in [4.69, 9.17) is 10.5 Å². The lowest BCUT2D eigenvalue weighted by Crippen LogP contribution is -2.21. The highest BCUT2D eigenvalue weighted by atomic mass is 35.5. The molecule has 1 atom stereocenters. The molecule has 0 saturated heterocycles. The Kier molecular flexibility index (Phi) is 6.96. The molecule has 0 aliphatic carbocycles. The van der Waals surface area contributed by atoms with E-state index < -0.39 is 0 Å². The van der Waals surface area contributed by atoms with E-state index in [1.54, 1.807) is 18.7 Å². The van der Waals surface area contributed by atoms with Crippen molar-refractivity contribution < 1.29 is 9.53 Å². The molecule has 0 bridgehead atoms. The first-order valence-corrected chi connectivity index (χ1v) is 5.32. The first kappa shape index (κ1) is 13.7. The molecule has 14 heavy (non-hydrogen) atoms. The first-order valence-electron chi connectivity index (χ1n) is 4.34. The van der Waals surface area contributed by atoms with Gasteiger partial charge in [-0.05, 0) is 13.5 Å². The second kappa shape index (κ2) is 7.09. The highest BCUT2D eigenvalue weighted by molar-refractivity contribution is 8.14. The molecule has 2 N–H and O–H groups in total. The summed E-state index contributed by atoms with van der Waals surface area (Å²) in [5, 5.41) is 0.973. The molecule has 82 valence electrons. The van der Waals surface area contributed by atoms with Gasteiger partial charge in [0, 0.05) is 12.2 Å². The van der Waals surface area contributed by atoms with Crippen molar-refractivity contribution in [1.82, 2.24) is 0 Å². The van der Waals surface area contributed by atoms with Crippen molar-refractivity contribution in [3.05, 3.63) is 0 Å². The quantitative estimate of drug-likeness (QED) is 0.737. The lowest BCUT2D eigenvalue weighted by molar-refractivity contribution is -0.143. The Morgan fingerprint density at radius 1 is 1.79 bits per heavy atom. The smallest absolute Gasteiger partial charge is 0.331 e. The highest BCUT2D eigenvalue weighted by Gasteiger charge is 2.25. The minimum absolute atomic E-state index is 0. The third-order valence-corrected chi connectivity index (χ3v) is 2.75. The largest absolute Gasteiger partial charge is 0.464 e. The molecule has 1 rings (SSSR count). The summed E-state index contributed by atoms with van der Waals surface area (Å²) >= 11 is 1.60. The molecule has 1 aliphatic rings. The lowest BCUT2D eigenvalue weighted by Gasteiger charge is -2.03. The Morgan fingerprint density at radius 3 is 3.07 bits per heavy atom. The first-order chi connectivity index (χ1) is 6.27. The zero-order chi connectivity index (χ0) is 9.68. The van der Waals surface area contributed by atoms with Crippen LogP contribution in [-0.2, 0) is 9.53 Å². The Morgan fingerprint density at radius 2 is 2.50 bits per heavy atom. The molecule has 1 heterocycles. The summed E-state index contributed by atoms with van der Waals surface area (Å²) in [6.07, 6.45) is 0.764. The maximum absolute atomic E-state index is 11.2. The van der Waals surface area contributed by atoms with Gasteiger partial charge in [0.05, 0.1) is 11.7 Å². The average Bonchev–Trinajstić information content (AvgIpc) is 2.54. The van der Waals surface area contributed by atoms with Gasteiger partial charge in [-0.3, -0.25) is 4.99 Å². The maximum Gasteiger partial charge on any atom is 0.331 e. The number of nitrogens with two attached hydrogens (primary N) is 1. The van der Waals surface area contributed by atoms with Crippen molar-refractivity contribution in [1.29, 1.82) is 0 Å². The number of thioether (sulfide) groups is 1. The predicted octanol–water partition coefficient (Wildman–Crippen LogP) is 0.834. The number of hydrogen-bond donors (Lipinski definition) is 1. The summed E-state index contributed by atoms with van der Waals surface area (Å²) in [7, 11) is 0. The van der Waals surface area contributed by atoms with Gasteiger partial charge in [-0.2, -0.15) is 0 Å². The van der Waals surface area contributed by atoms with E-state index in [1.165, 1.54) is 0 Å². The SMILES string of the molecule is CCOC(=O)[C@H]1CSC(CCN)=N1.Cl. The fourth-order valence-electron chi connectivity index (χ4n) is 1.04. The second-order valence-electron chi connectivity index (χ2n) is 2.64. The van der Waals surface area contributed by atoms with E-state index in [0.29, 0.717) is 18.9 Å². The van der Waals surface area contributed by atoms with Crippen LogP contribution in [0.1, 0.15) is 13.3 Å². The van der Waals surface area contributed by atoms with Crippen LogP contribution >= 0.6 is 24.2 Å². The summed E-state index contributed by atoms with van der Waals surface area (Å²) in [4.78, 5) is 15.4. The lowest BCUT2D eigenvalue weighted by atomic mass is 10.3. The highest BCUT2D eigenvalue weighted by Crippen LogP contribution is 2.20. The zero-order valence-corrected chi connectivity index (χ0v) is 9.70. The summed E-state index contributed by atoms with van der Waals surface area (Å²) in [5.41, 5.74) is 5.38. The van der Waals surface area contributed by atoms with E-state index >= 15 is 0 Å². The van der Waals surface area contributed by atoms with Crippen LogP contribution < -0.4 is 5.73 Å². The van der Waals surface area contributed by atoms with Crippen LogP contribution in [0.2, 0.25) is 0 Å². The van der Waals surface area contributed by atoms with Crippen LogP contribution in [0, 0.1) is 0 Å². The minimum atomic E-state index is -0.300. The monoisotopic (exact) mass is 238 g/mol. The number of carbonyl (C=O) groups excluding carboxylic acids is 1. The van der Waals surface area contributed by atoms with Gasteiger partial charge in [-0.1, -0.05) is 0 Å². The predicted molar refractivity (Wildman–Crippen MR) is 61.2 cm³/mol. The molecule has 0 aromatic heterocycles. The van der Waals surface area contributed by atoms with Gasteiger partial charge in [0.15, 0.2) is 6.04 Å². The Hall–Kier alpha value is -0.260. The summed E-state index contributed by atoms with van der Waals surface area (Å²) < 4.78 is 4.86. The Balaban J connectivity index is 0.00000169. The van der Waals surface area contributed by atoms with E-state index in [1.807, 2.05) is 0 Å². The molecule has 0 amide bonds. The van der Waals surface area contributed by atoms with Crippen LogP contribution in [0.4, 0.5) is 0 Å². The topological polar surface area (TPSA) is 64.7 Å². The van der Waals surface area contributed by atoms with E-state index in [2.05, 4.69) is 4.99 Å². The summed E-state index contributed by atoms with van der Waals surface area (Å²) in [5.74, 6) is 0.482. The molecule has 0 fully saturated rings. The minimum Gasteiger partial charge on any atom is -0.464 e. The van der Waals surface area contributed by atoms with Crippen LogP contribution in [0.25, 0.3) is 0 Å². The van der Waals surface area contributed by atoms with Gasteiger partial charge in [-0.15, -0.1) is 24.2 Å². The fraction of sp³-hybridized carbons (Fsp3) is 0.750. The number of carbonyl (C=O) groups is 1. The van der Waals surface area contributed by atoms with Gasteiger partial charge in [0.25, 0.3) is 0 Å². The van der Waals surface area contributed by atoms with Crippen LogP contribution in [0.15, 0.2) is 4.99 Å². The summed E-state index contributed by atoms with van der Waals surface area (Å²) in [6.45, 7) is 2.80. The molecule has 1 aliphatic heterocycles. The number of nitrogens with zero attached hydrogens (tertiary/aromatic N) is 1. The average molecular weight is 239 g/mol. The van der Waals surface area contributed by atoms with Crippen LogP contribution in [0.5, 0.6) is 0 Å². The maximum atomic E-state index is 11.2. The van der Waals surface area contributed by atoms with Crippen molar-refractivity contribution in [3.63, 3.8) is 0 Å². The van der Waals surface area contributed by atoms with Gasteiger partial charge < -0.3 is 10.5 Å². The van der Waals surface area contributed by atoms with Gasteiger partial charge in [0.1, 0.15) is 0 Å². The van der Waals surface area contributed by atoms with Crippen LogP contribution in [0.3, 0.4) is 0 Å². The Bertz CT molecular complexity index is 223. The second-order valence-corrected chi connectivity index (χ2v) is 3.73. The molecule has 0 unspecified atom stereocenters. The molecule has 0 radical (unpaired) electrons. The number of esters is 1. The van der Waals surface area contributed by atoms with Crippen LogP contribution in [-0.4, -0.2) is 36.0 Å². The number of halogens is 1. The molecular weight excluding hydrogens is 224 g/mol. The zero-order valence-electron chi connectivity index (χ0n) is 8.06. The Labute approximate surface area is 94.1 Å². The number of aliphatic imine (C=N–C) groups is 1. The molecular formula is C8H15ClN2O2S. The molecule has 0 aromatic rings. The fourth-order valence-corrected chi connectivity index (χ4v) is 2.07. The summed E-state index contributed by atoms with van der Waals surface area (Å²) in [6, 6.07) is -0.300. The van der Waals surface area contributed by atoms with Crippen molar-refractivity contribution in [2.45, 2.75) is 19.4 Å². The van der Waals surface area contributed by atoms with Crippen molar-refractivity contribution >= 4 is 35.2 Å². The van der Waals surface area contributed by atoms with Gasteiger partial charge >= 0.3 is 5.97 Å². The molecule has 6 heteroatoms. The molecule has 0 aromatic carbocycles. The molecule has 4 nitrogen and oxygen atoms in total. The van der Waals surface area contributed by atoms with E-state index in [9.17, 15) is 4.79 Å². The van der Waals surface area contributed by atoms with Crippen molar-refractivity contribution in [2.24, 2.45) is 10.7 Å². The number of rotatable bonds is 4. The van der Waals surface area contributed by atoms with Gasteiger partial charge in [-0.25, -0.2) is 4.79 Å². The third kappa shape index (κ3) is 3.86.